The fraction of sp³-hybridized carbons (Fsp3) is 0.350. The van der Waals surface area contributed by atoms with Crippen molar-refractivity contribution in [2.24, 2.45) is 0 Å². The van der Waals surface area contributed by atoms with Crippen molar-refractivity contribution in [3.8, 4) is 5.75 Å². The Labute approximate surface area is 159 Å². The molecule has 0 fully saturated rings. The van der Waals surface area contributed by atoms with E-state index in [1.165, 1.54) is 0 Å². The smallest absolute Gasteiger partial charge is 0.141 e. The molecular formula is C20H23Cl2NO2. The molecule has 3 nitrogen and oxygen atoms in total. The Morgan fingerprint density at radius 2 is 1.64 bits per heavy atom. The van der Waals surface area contributed by atoms with E-state index < -0.39 is 0 Å². The maximum Gasteiger partial charge on any atom is 0.141 e. The average molecular weight is 380 g/mol. The third-order valence-electron chi connectivity index (χ3n) is 3.84. The Bertz CT molecular complexity index is 744. The van der Waals surface area contributed by atoms with Crippen molar-refractivity contribution in [2.45, 2.75) is 19.8 Å². The van der Waals surface area contributed by atoms with Gasteiger partial charge in [0, 0.05) is 19.4 Å². The van der Waals surface area contributed by atoms with E-state index in [1.54, 1.807) is 12.1 Å². The van der Waals surface area contributed by atoms with Gasteiger partial charge in [0.25, 0.3) is 0 Å². The molecular weight excluding hydrogens is 357 g/mol. The standard InChI is InChI=1S/C20H23Cl2NO2/c1-14-4-5-16(13-20(14)25-9-8-23(2)3)11-17(24)10-15-6-7-18(21)19(22)12-15/h4-7,12-13H,8-11H2,1-3H3. The van der Waals surface area contributed by atoms with E-state index in [4.69, 9.17) is 27.9 Å². The van der Waals surface area contributed by atoms with Crippen LogP contribution >= 0.6 is 23.2 Å². The Morgan fingerprint density at radius 3 is 2.28 bits per heavy atom. The fourth-order valence-corrected chi connectivity index (χ4v) is 2.74. The van der Waals surface area contributed by atoms with Crippen LogP contribution in [0.3, 0.4) is 0 Å². The number of ketones is 1. The number of rotatable bonds is 8. The largest absolute Gasteiger partial charge is 0.492 e. The lowest BCUT2D eigenvalue weighted by Gasteiger charge is -2.13. The van der Waals surface area contributed by atoms with E-state index in [1.807, 2.05) is 45.3 Å². The number of carbonyl (C=O) groups excluding carboxylic acids is 1. The van der Waals surface area contributed by atoms with Crippen LogP contribution in [0, 0.1) is 6.92 Å². The van der Waals surface area contributed by atoms with Gasteiger partial charge in [-0.15, -0.1) is 0 Å². The van der Waals surface area contributed by atoms with Crippen LogP contribution in [0.4, 0.5) is 0 Å². The lowest BCUT2D eigenvalue weighted by Crippen LogP contribution is -2.19. The molecule has 0 N–H and O–H groups in total. The van der Waals surface area contributed by atoms with E-state index in [2.05, 4.69) is 4.90 Å². The summed E-state index contributed by atoms with van der Waals surface area (Å²) in [6.45, 7) is 3.47. The molecule has 0 saturated heterocycles. The third kappa shape index (κ3) is 6.35. The minimum absolute atomic E-state index is 0.126. The summed E-state index contributed by atoms with van der Waals surface area (Å²) in [5, 5.41) is 0.967. The number of Topliss-reactive ketones (excluding diaryl/α,β-unsaturated/α-hetero) is 1. The van der Waals surface area contributed by atoms with Crippen molar-refractivity contribution in [1.82, 2.24) is 4.90 Å². The highest BCUT2D eigenvalue weighted by Gasteiger charge is 2.09. The Hall–Kier alpha value is -1.55. The highest BCUT2D eigenvalue weighted by molar-refractivity contribution is 6.42. The summed E-state index contributed by atoms with van der Waals surface area (Å²) in [5.74, 6) is 0.961. The molecule has 0 saturated carbocycles. The van der Waals surface area contributed by atoms with Crippen LogP contribution in [0.5, 0.6) is 5.75 Å². The van der Waals surface area contributed by atoms with Crippen LogP contribution in [-0.2, 0) is 17.6 Å². The molecule has 0 aliphatic carbocycles. The molecule has 2 aromatic carbocycles. The molecule has 2 aromatic rings. The van der Waals surface area contributed by atoms with Gasteiger partial charge in [-0.3, -0.25) is 4.79 Å². The molecule has 134 valence electrons. The first-order valence-corrected chi connectivity index (χ1v) is 8.93. The number of benzene rings is 2. The summed E-state index contributed by atoms with van der Waals surface area (Å²) in [4.78, 5) is 14.4. The monoisotopic (exact) mass is 379 g/mol. The highest BCUT2D eigenvalue weighted by atomic mass is 35.5. The average Bonchev–Trinajstić information content (AvgIpc) is 2.53. The molecule has 2 rings (SSSR count). The first kappa shape index (κ1) is 19.8. The van der Waals surface area contributed by atoms with Gasteiger partial charge in [0.1, 0.15) is 18.1 Å². The summed E-state index contributed by atoms with van der Waals surface area (Å²) in [6.07, 6.45) is 0.701. The normalized spacial score (nSPS) is 11.0. The lowest BCUT2D eigenvalue weighted by atomic mass is 10.0. The fourth-order valence-electron chi connectivity index (χ4n) is 2.42. The summed E-state index contributed by atoms with van der Waals surface area (Å²) < 4.78 is 5.83. The maximum atomic E-state index is 12.4. The van der Waals surface area contributed by atoms with E-state index in [-0.39, 0.29) is 5.78 Å². The minimum atomic E-state index is 0.126. The summed E-state index contributed by atoms with van der Waals surface area (Å²) >= 11 is 11.9. The molecule has 0 unspecified atom stereocenters. The van der Waals surface area contributed by atoms with E-state index in [0.717, 1.165) is 29.0 Å². The number of hydrogen-bond acceptors (Lipinski definition) is 3. The van der Waals surface area contributed by atoms with Crippen molar-refractivity contribution in [3.63, 3.8) is 0 Å². The topological polar surface area (TPSA) is 29.5 Å². The molecule has 0 heterocycles. The maximum absolute atomic E-state index is 12.4. The number of ether oxygens (including phenoxy) is 1. The van der Waals surface area contributed by atoms with Crippen molar-refractivity contribution >= 4 is 29.0 Å². The van der Waals surface area contributed by atoms with Crippen molar-refractivity contribution in [2.75, 3.05) is 27.2 Å². The molecule has 0 spiro atoms. The molecule has 0 amide bonds. The predicted octanol–water partition coefficient (Wildman–Crippen LogP) is 4.60. The second-order valence-corrected chi connectivity index (χ2v) is 7.21. The zero-order chi connectivity index (χ0) is 18.4. The van der Waals surface area contributed by atoms with Crippen LogP contribution in [0.2, 0.25) is 10.0 Å². The van der Waals surface area contributed by atoms with Gasteiger partial charge in [-0.05, 0) is 55.9 Å². The number of carbonyl (C=O) groups is 1. The Balaban J connectivity index is 1.98. The van der Waals surface area contributed by atoms with Crippen molar-refractivity contribution < 1.29 is 9.53 Å². The van der Waals surface area contributed by atoms with Gasteiger partial charge in [-0.1, -0.05) is 41.4 Å². The summed E-state index contributed by atoms with van der Waals surface area (Å²) in [6, 6.07) is 11.2. The molecule has 0 atom stereocenters. The number of hydrogen-bond donors (Lipinski definition) is 0. The lowest BCUT2D eigenvalue weighted by molar-refractivity contribution is -0.117. The highest BCUT2D eigenvalue weighted by Crippen LogP contribution is 2.24. The number of likely N-dealkylation sites (N-methyl/N-ethyl adjacent to an activating group) is 1. The van der Waals surface area contributed by atoms with Gasteiger partial charge in [0.05, 0.1) is 10.0 Å². The second kappa shape index (κ2) is 9.23. The molecule has 0 bridgehead atoms. The molecule has 0 aromatic heterocycles. The van der Waals surface area contributed by atoms with Crippen LogP contribution in [0.25, 0.3) is 0 Å². The van der Waals surface area contributed by atoms with Crippen LogP contribution in [0.1, 0.15) is 16.7 Å². The van der Waals surface area contributed by atoms with E-state index >= 15 is 0 Å². The first-order chi connectivity index (χ1) is 11.8. The molecule has 5 heteroatoms. The zero-order valence-electron chi connectivity index (χ0n) is 14.8. The Morgan fingerprint density at radius 1 is 1.00 bits per heavy atom. The van der Waals surface area contributed by atoms with E-state index in [9.17, 15) is 4.79 Å². The predicted molar refractivity (Wildman–Crippen MR) is 104 cm³/mol. The van der Waals surface area contributed by atoms with Crippen LogP contribution in [-0.4, -0.2) is 37.9 Å². The van der Waals surface area contributed by atoms with Gasteiger partial charge in [-0.2, -0.15) is 0 Å². The molecule has 0 aliphatic heterocycles. The first-order valence-electron chi connectivity index (χ1n) is 8.18. The van der Waals surface area contributed by atoms with Gasteiger partial charge in [0.15, 0.2) is 0 Å². The molecule has 25 heavy (non-hydrogen) atoms. The summed E-state index contributed by atoms with van der Waals surface area (Å²) in [5.41, 5.74) is 2.89. The van der Waals surface area contributed by atoms with Gasteiger partial charge >= 0.3 is 0 Å². The van der Waals surface area contributed by atoms with Gasteiger partial charge < -0.3 is 9.64 Å². The minimum Gasteiger partial charge on any atom is -0.492 e. The summed E-state index contributed by atoms with van der Waals surface area (Å²) in [7, 11) is 4.02. The number of halogens is 2. The molecule has 0 aliphatic rings. The quantitative estimate of drug-likeness (QED) is 0.671. The van der Waals surface area contributed by atoms with Crippen LogP contribution in [0.15, 0.2) is 36.4 Å². The number of nitrogens with zero attached hydrogens (tertiary/aromatic N) is 1. The zero-order valence-corrected chi connectivity index (χ0v) is 16.3. The third-order valence-corrected chi connectivity index (χ3v) is 4.57. The van der Waals surface area contributed by atoms with E-state index in [0.29, 0.717) is 29.5 Å². The number of aryl methyl sites for hydroxylation is 1. The SMILES string of the molecule is Cc1ccc(CC(=O)Cc2ccc(Cl)c(Cl)c2)cc1OCCN(C)C. The van der Waals surface area contributed by atoms with Gasteiger partial charge in [0.2, 0.25) is 0 Å². The van der Waals surface area contributed by atoms with Crippen molar-refractivity contribution in [3.05, 3.63) is 63.1 Å². The van der Waals surface area contributed by atoms with Crippen LogP contribution < -0.4 is 4.74 Å². The Kier molecular flexibility index (Phi) is 7.30. The van der Waals surface area contributed by atoms with Crippen molar-refractivity contribution in [1.29, 1.82) is 0 Å². The molecule has 0 radical (unpaired) electrons. The van der Waals surface area contributed by atoms with Gasteiger partial charge in [-0.25, -0.2) is 0 Å². The second-order valence-electron chi connectivity index (χ2n) is 6.39.